The fourth-order valence-electron chi connectivity index (χ4n) is 3.32. The molecule has 0 unspecified atom stereocenters. The molecule has 1 amide bonds. The highest BCUT2D eigenvalue weighted by Crippen LogP contribution is 2.32. The molecule has 30 heavy (non-hydrogen) atoms. The first-order valence-corrected chi connectivity index (χ1v) is 11.4. The Morgan fingerprint density at radius 1 is 1.07 bits per heavy atom. The molecule has 0 spiro atoms. The van der Waals surface area contributed by atoms with Crippen LogP contribution in [0.3, 0.4) is 0 Å². The SMILES string of the molecule is COc1ccc(S(=O)(=O)N2CCC[C@H](C(=O)Nc3ccc(Cl)c(Cl)c3)C2)cc1OC. The number of hydrogen-bond acceptors (Lipinski definition) is 5. The zero-order valence-electron chi connectivity index (χ0n) is 16.5. The van der Waals surface area contributed by atoms with Crippen LogP contribution in [0.25, 0.3) is 0 Å². The second-order valence-corrected chi connectivity index (χ2v) is 9.59. The van der Waals surface area contributed by atoms with Crippen LogP contribution >= 0.6 is 23.2 Å². The Morgan fingerprint density at radius 2 is 1.80 bits per heavy atom. The van der Waals surface area contributed by atoms with Gasteiger partial charge in [-0.15, -0.1) is 0 Å². The smallest absolute Gasteiger partial charge is 0.243 e. The Bertz CT molecular complexity index is 1050. The number of piperidine rings is 1. The van der Waals surface area contributed by atoms with E-state index in [9.17, 15) is 13.2 Å². The van der Waals surface area contributed by atoms with E-state index in [4.69, 9.17) is 32.7 Å². The number of amides is 1. The molecule has 0 saturated carbocycles. The summed E-state index contributed by atoms with van der Waals surface area (Å²) < 4.78 is 38.0. The van der Waals surface area contributed by atoms with Crippen LogP contribution in [-0.4, -0.2) is 45.9 Å². The minimum Gasteiger partial charge on any atom is -0.493 e. The van der Waals surface area contributed by atoms with Crippen LogP contribution in [0.15, 0.2) is 41.3 Å². The van der Waals surface area contributed by atoms with Gasteiger partial charge in [-0.3, -0.25) is 4.79 Å². The third kappa shape index (κ3) is 4.83. The zero-order chi connectivity index (χ0) is 21.9. The maximum absolute atomic E-state index is 13.1. The van der Waals surface area contributed by atoms with Gasteiger partial charge in [-0.25, -0.2) is 8.42 Å². The van der Waals surface area contributed by atoms with E-state index < -0.39 is 15.9 Å². The molecule has 1 aliphatic heterocycles. The first-order valence-electron chi connectivity index (χ1n) is 9.24. The van der Waals surface area contributed by atoms with Crippen molar-refractivity contribution in [3.05, 3.63) is 46.4 Å². The van der Waals surface area contributed by atoms with E-state index in [-0.39, 0.29) is 17.3 Å². The molecule has 0 bridgehead atoms. The topological polar surface area (TPSA) is 84.9 Å². The highest BCUT2D eigenvalue weighted by atomic mass is 35.5. The van der Waals surface area contributed by atoms with Crippen molar-refractivity contribution in [2.75, 3.05) is 32.6 Å². The number of hydrogen-bond donors (Lipinski definition) is 1. The lowest BCUT2D eigenvalue weighted by Gasteiger charge is -2.31. The molecule has 1 aliphatic rings. The lowest BCUT2D eigenvalue weighted by molar-refractivity contribution is -0.120. The van der Waals surface area contributed by atoms with Crippen LogP contribution in [-0.2, 0) is 14.8 Å². The first kappa shape index (κ1) is 22.7. The number of ether oxygens (including phenoxy) is 2. The quantitative estimate of drug-likeness (QED) is 0.685. The van der Waals surface area contributed by atoms with Gasteiger partial charge in [0, 0.05) is 24.8 Å². The Hall–Kier alpha value is -2.00. The maximum atomic E-state index is 13.1. The van der Waals surface area contributed by atoms with E-state index in [1.807, 2.05) is 0 Å². The number of rotatable bonds is 6. The van der Waals surface area contributed by atoms with Gasteiger partial charge in [0.05, 0.1) is 35.1 Å². The molecule has 7 nitrogen and oxygen atoms in total. The van der Waals surface area contributed by atoms with E-state index >= 15 is 0 Å². The number of methoxy groups -OCH3 is 2. The molecule has 0 aromatic heterocycles. The molecule has 1 heterocycles. The van der Waals surface area contributed by atoms with Crippen LogP contribution < -0.4 is 14.8 Å². The number of nitrogens with zero attached hydrogens (tertiary/aromatic N) is 1. The summed E-state index contributed by atoms with van der Waals surface area (Å²) in [5.41, 5.74) is 0.509. The van der Waals surface area contributed by atoms with Gasteiger partial charge >= 0.3 is 0 Å². The summed E-state index contributed by atoms with van der Waals surface area (Å²) in [4.78, 5) is 12.8. The number of carbonyl (C=O) groups excluding carboxylic acids is 1. The number of benzene rings is 2. The molecule has 10 heteroatoms. The predicted molar refractivity (Wildman–Crippen MR) is 116 cm³/mol. The number of anilines is 1. The molecule has 1 fully saturated rings. The lowest BCUT2D eigenvalue weighted by atomic mass is 9.99. The summed E-state index contributed by atoms with van der Waals surface area (Å²) in [6.45, 7) is 0.428. The predicted octanol–water partition coefficient (Wildman–Crippen LogP) is 4.05. The second-order valence-electron chi connectivity index (χ2n) is 6.84. The number of carbonyl (C=O) groups is 1. The van der Waals surface area contributed by atoms with Crippen molar-refractivity contribution in [2.45, 2.75) is 17.7 Å². The molecule has 1 saturated heterocycles. The summed E-state index contributed by atoms with van der Waals surface area (Å²) in [6, 6.07) is 9.23. The molecule has 3 rings (SSSR count). The molecule has 0 radical (unpaired) electrons. The maximum Gasteiger partial charge on any atom is 0.243 e. The molecule has 2 aromatic rings. The van der Waals surface area contributed by atoms with Gasteiger partial charge in [0.15, 0.2) is 11.5 Å². The third-order valence-electron chi connectivity index (χ3n) is 4.93. The van der Waals surface area contributed by atoms with Crippen molar-refractivity contribution in [3.63, 3.8) is 0 Å². The van der Waals surface area contributed by atoms with Crippen molar-refractivity contribution in [3.8, 4) is 11.5 Å². The van der Waals surface area contributed by atoms with Crippen molar-refractivity contribution < 1.29 is 22.7 Å². The number of nitrogens with one attached hydrogen (secondary N) is 1. The molecular formula is C20H22Cl2N2O5S. The second kappa shape index (κ2) is 9.43. The van der Waals surface area contributed by atoms with Gasteiger partial charge in [0.2, 0.25) is 15.9 Å². The van der Waals surface area contributed by atoms with E-state index in [2.05, 4.69) is 5.32 Å². The van der Waals surface area contributed by atoms with E-state index in [0.717, 1.165) is 0 Å². The van der Waals surface area contributed by atoms with E-state index in [1.165, 1.54) is 30.7 Å². The molecular weight excluding hydrogens is 451 g/mol. The van der Waals surface area contributed by atoms with Gasteiger partial charge in [0.25, 0.3) is 0 Å². The number of halogens is 2. The molecule has 1 atom stereocenters. The summed E-state index contributed by atoms with van der Waals surface area (Å²) in [6.07, 6.45) is 1.16. The fraction of sp³-hybridized carbons (Fsp3) is 0.350. The fourth-order valence-corrected chi connectivity index (χ4v) is 5.16. The third-order valence-corrected chi connectivity index (χ3v) is 7.53. The summed E-state index contributed by atoms with van der Waals surface area (Å²) in [5, 5.41) is 3.50. The first-order chi connectivity index (χ1) is 14.3. The van der Waals surface area contributed by atoms with Crippen LogP contribution in [0.2, 0.25) is 10.0 Å². The van der Waals surface area contributed by atoms with Crippen molar-refractivity contribution in [1.82, 2.24) is 4.31 Å². The Morgan fingerprint density at radius 3 is 2.47 bits per heavy atom. The van der Waals surface area contributed by atoms with Gasteiger partial charge in [-0.2, -0.15) is 4.31 Å². The molecule has 2 aromatic carbocycles. The van der Waals surface area contributed by atoms with Crippen molar-refractivity contribution in [2.24, 2.45) is 5.92 Å². The van der Waals surface area contributed by atoms with Gasteiger partial charge in [0.1, 0.15) is 0 Å². The molecule has 1 N–H and O–H groups in total. The summed E-state index contributed by atoms with van der Waals surface area (Å²) in [7, 11) is -0.869. The summed E-state index contributed by atoms with van der Waals surface area (Å²) >= 11 is 11.9. The standard InChI is InChI=1S/C20H22Cl2N2O5S/c1-28-18-8-6-15(11-19(18)29-2)30(26,27)24-9-3-4-13(12-24)20(25)23-14-5-7-16(21)17(22)10-14/h5-8,10-11,13H,3-4,9,12H2,1-2H3,(H,23,25)/t13-/m0/s1. The van der Waals surface area contributed by atoms with Crippen LogP contribution in [0.4, 0.5) is 5.69 Å². The molecule has 0 aliphatic carbocycles. The Labute approximate surface area is 185 Å². The Balaban J connectivity index is 1.76. The normalized spacial score (nSPS) is 17.4. The van der Waals surface area contributed by atoms with Crippen molar-refractivity contribution in [1.29, 1.82) is 0 Å². The summed E-state index contributed by atoms with van der Waals surface area (Å²) in [5.74, 6) is 0.0159. The van der Waals surface area contributed by atoms with Gasteiger partial charge in [-0.1, -0.05) is 23.2 Å². The monoisotopic (exact) mass is 472 g/mol. The zero-order valence-corrected chi connectivity index (χ0v) is 18.9. The lowest BCUT2D eigenvalue weighted by Crippen LogP contribution is -2.43. The highest BCUT2D eigenvalue weighted by molar-refractivity contribution is 7.89. The van der Waals surface area contributed by atoms with E-state index in [1.54, 1.807) is 24.3 Å². The van der Waals surface area contributed by atoms with E-state index in [0.29, 0.717) is 46.6 Å². The minimum atomic E-state index is -3.79. The minimum absolute atomic E-state index is 0.0871. The molecule has 162 valence electrons. The highest BCUT2D eigenvalue weighted by Gasteiger charge is 2.33. The van der Waals surface area contributed by atoms with Gasteiger partial charge in [-0.05, 0) is 43.2 Å². The van der Waals surface area contributed by atoms with Crippen molar-refractivity contribution >= 4 is 44.8 Å². The van der Waals surface area contributed by atoms with Crippen LogP contribution in [0.1, 0.15) is 12.8 Å². The number of sulfonamides is 1. The average Bonchev–Trinajstić information content (AvgIpc) is 2.75. The largest absolute Gasteiger partial charge is 0.493 e. The van der Waals surface area contributed by atoms with Crippen LogP contribution in [0.5, 0.6) is 11.5 Å². The van der Waals surface area contributed by atoms with Crippen LogP contribution in [0, 0.1) is 5.92 Å². The van der Waals surface area contributed by atoms with Gasteiger partial charge < -0.3 is 14.8 Å². The Kier molecular flexibility index (Phi) is 7.13. The average molecular weight is 473 g/mol.